The molecule has 1 amide bonds. The molecule has 2 saturated carbocycles. The normalized spacial score (nSPS) is 23.6. The first-order valence-corrected chi connectivity index (χ1v) is 11.1. The van der Waals surface area contributed by atoms with Crippen LogP contribution in [-0.4, -0.2) is 38.5 Å². The molecular formula is C20H20ClF2N5OS. The SMILES string of the molecule is NC1CCCC(F)(F)C1NC(=O)c1nc(-c2cnn3cc(C4CC4)ccc23)c(Cl)s1. The maximum absolute atomic E-state index is 14.2. The van der Waals surface area contributed by atoms with Crippen LogP contribution in [0.2, 0.25) is 4.34 Å². The number of nitrogens with zero attached hydrogens (tertiary/aromatic N) is 3. The third-order valence-electron chi connectivity index (χ3n) is 5.84. The van der Waals surface area contributed by atoms with Crippen LogP contribution in [0.4, 0.5) is 8.78 Å². The van der Waals surface area contributed by atoms with Gasteiger partial charge in [0.1, 0.15) is 16.1 Å². The zero-order chi connectivity index (χ0) is 21.0. The predicted molar refractivity (Wildman–Crippen MR) is 111 cm³/mol. The van der Waals surface area contributed by atoms with E-state index in [1.807, 2.05) is 12.3 Å². The minimum atomic E-state index is -3.04. The molecule has 30 heavy (non-hydrogen) atoms. The summed E-state index contributed by atoms with van der Waals surface area (Å²) in [4.78, 5) is 17.0. The van der Waals surface area contributed by atoms with Crippen molar-refractivity contribution in [1.29, 1.82) is 0 Å². The number of pyridine rings is 1. The molecule has 3 N–H and O–H groups in total. The van der Waals surface area contributed by atoms with E-state index in [1.165, 1.54) is 18.4 Å². The van der Waals surface area contributed by atoms with Crippen LogP contribution in [-0.2, 0) is 0 Å². The minimum Gasteiger partial charge on any atom is -0.340 e. The summed E-state index contributed by atoms with van der Waals surface area (Å²) in [6.07, 6.45) is 6.53. The molecule has 3 aromatic heterocycles. The zero-order valence-electron chi connectivity index (χ0n) is 15.9. The van der Waals surface area contributed by atoms with Crippen molar-refractivity contribution < 1.29 is 13.6 Å². The van der Waals surface area contributed by atoms with Gasteiger partial charge in [0, 0.05) is 24.2 Å². The highest BCUT2D eigenvalue weighted by Gasteiger charge is 2.46. The summed E-state index contributed by atoms with van der Waals surface area (Å²) in [5.74, 6) is -3.13. The first-order chi connectivity index (χ1) is 14.3. The zero-order valence-corrected chi connectivity index (χ0v) is 17.5. The van der Waals surface area contributed by atoms with Gasteiger partial charge in [-0.3, -0.25) is 4.79 Å². The van der Waals surface area contributed by atoms with E-state index in [0.29, 0.717) is 34.4 Å². The van der Waals surface area contributed by atoms with Crippen molar-refractivity contribution in [3.8, 4) is 11.3 Å². The van der Waals surface area contributed by atoms with Crippen molar-refractivity contribution in [3.63, 3.8) is 0 Å². The minimum absolute atomic E-state index is 0.0255. The summed E-state index contributed by atoms with van der Waals surface area (Å²) in [5, 5.41) is 6.80. The molecule has 2 aliphatic carbocycles. The molecule has 158 valence electrons. The van der Waals surface area contributed by atoms with Gasteiger partial charge >= 0.3 is 0 Å². The Morgan fingerprint density at radius 3 is 2.87 bits per heavy atom. The number of carbonyl (C=O) groups excluding carboxylic acids is 1. The van der Waals surface area contributed by atoms with Crippen LogP contribution >= 0.6 is 22.9 Å². The highest BCUT2D eigenvalue weighted by atomic mass is 35.5. The van der Waals surface area contributed by atoms with E-state index in [-0.39, 0.29) is 11.4 Å². The van der Waals surface area contributed by atoms with Crippen LogP contribution in [0.1, 0.15) is 53.4 Å². The average molecular weight is 452 g/mol. The Kier molecular flexibility index (Phi) is 4.79. The van der Waals surface area contributed by atoms with Gasteiger partial charge in [0.05, 0.1) is 11.7 Å². The standard InChI is InChI=1S/C20H20ClF2N5OS/c21-17-15(12-8-25-28-9-11(10-3-4-10)5-6-14(12)28)26-19(30-17)18(29)27-16-13(24)2-1-7-20(16,22)23/h5-6,8-10,13,16H,1-4,7,24H2,(H,27,29). The second kappa shape index (κ2) is 7.25. The summed E-state index contributed by atoms with van der Waals surface area (Å²) in [5.41, 5.74) is 9.01. The van der Waals surface area contributed by atoms with Gasteiger partial charge in [-0.1, -0.05) is 29.0 Å². The summed E-state index contributed by atoms with van der Waals surface area (Å²) in [6, 6.07) is 1.82. The van der Waals surface area contributed by atoms with Gasteiger partial charge < -0.3 is 11.1 Å². The third-order valence-corrected chi connectivity index (χ3v) is 7.09. The monoisotopic (exact) mass is 451 g/mol. The number of rotatable bonds is 4. The lowest BCUT2D eigenvalue weighted by Crippen LogP contribution is -2.59. The topological polar surface area (TPSA) is 85.3 Å². The number of amides is 1. The van der Waals surface area contributed by atoms with Crippen LogP contribution in [0.25, 0.3) is 16.8 Å². The number of alkyl halides is 2. The van der Waals surface area contributed by atoms with Crippen molar-refractivity contribution in [2.24, 2.45) is 5.73 Å². The number of hydrogen-bond donors (Lipinski definition) is 2. The molecule has 10 heteroatoms. The summed E-state index contributed by atoms with van der Waals surface area (Å²) in [7, 11) is 0. The molecule has 0 radical (unpaired) electrons. The maximum Gasteiger partial charge on any atom is 0.280 e. The molecule has 3 heterocycles. The van der Waals surface area contributed by atoms with E-state index in [2.05, 4.69) is 21.5 Å². The summed E-state index contributed by atoms with van der Waals surface area (Å²) < 4.78 is 30.5. The first kappa shape index (κ1) is 19.8. The molecule has 6 nitrogen and oxygen atoms in total. The maximum atomic E-state index is 14.2. The quantitative estimate of drug-likeness (QED) is 0.621. The van der Waals surface area contributed by atoms with Crippen molar-refractivity contribution in [1.82, 2.24) is 19.9 Å². The largest absolute Gasteiger partial charge is 0.340 e. The lowest BCUT2D eigenvalue weighted by atomic mass is 9.87. The summed E-state index contributed by atoms with van der Waals surface area (Å²) in [6.45, 7) is 0. The average Bonchev–Trinajstić information content (AvgIpc) is 3.36. The Morgan fingerprint density at radius 1 is 1.33 bits per heavy atom. The second-order valence-corrected chi connectivity index (χ2v) is 9.64. The molecule has 0 spiro atoms. The Labute approximate surface area is 180 Å². The Morgan fingerprint density at radius 2 is 2.13 bits per heavy atom. The molecule has 2 atom stereocenters. The van der Waals surface area contributed by atoms with Crippen LogP contribution in [0, 0.1) is 0 Å². The van der Waals surface area contributed by atoms with E-state index in [4.69, 9.17) is 17.3 Å². The van der Waals surface area contributed by atoms with Gasteiger partial charge in [0.2, 0.25) is 0 Å². The molecule has 2 fully saturated rings. The molecule has 0 saturated heterocycles. The number of hydrogen-bond acceptors (Lipinski definition) is 5. The van der Waals surface area contributed by atoms with Crippen molar-refractivity contribution in [2.75, 3.05) is 0 Å². The highest BCUT2D eigenvalue weighted by Crippen LogP contribution is 2.41. The fraction of sp³-hybridized carbons (Fsp3) is 0.450. The number of halogens is 3. The smallest absolute Gasteiger partial charge is 0.280 e. The fourth-order valence-corrected chi connectivity index (χ4v) is 5.10. The van der Waals surface area contributed by atoms with E-state index in [0.717, 1.165) is 16.9 Å². The van der Waals surface area contributed by atoms with Crippen molar-refractivity contribution in [3.05, 3.63) is 39.4 Å². The lowest BCUT2D eigenvalue weighted by Gasteiger charge is -2.36. The molecule has 0 aromatic carbocycles. The Balaban J connectivity index is 1.42. The predicted octanol–water partition coefficient (Wildman–Crippen LogP) is 4.23. The first-order valence-electron chi connectivity index (χ1n) is 9.92. The van der Waals surface area contributed by atoms with Gasteiger partial charge in [-0.15, -0.1) is 0 Å². The molecule has 0 aliphatic heterocycles. The molecule has 5 rings (SSSR count). The fourth-order valence-electron chi connectivity index (χ4n) is 4.03. The number of nitrogens with two attached hydrogens (primary N) is 1. The van der Waals surface area contributed by atoms with Crippen LogP contribution in [0.3, 0.4) is 0 Å². The van der Waals surface area contributed by atoms with Crippen LogP contribution < -0.4 is 11.1 Å². The van der Waals surface area contributed by atoms with Crippen LogP contribution in [0.15, 0.2) is 24.5 Å². The number of thiazole rings is 1. The van der Waals surface area contributed by atoms with Crippen LogP contribution in [0.5, 0.6) is 0 Å². The van der Waals surface area contributed by atoms with Gasteiger partial charge in [-0.2, -0.15) is 5.10 Å². The second-order valence-electron chi connectivity index (χ2n) is 8.03. The number of fused-ring (bicyclic) bond motifs is 1. The van der Waals surface area contributed by atoms with E-state index in [9.17, 15) is 13.6 Å². The molecular weight excluding hydrogens is 432 g/mol. The number of aromatic nitrogens is 3. The van der Waals surface area contributed by atoms with E-state index in [1.54, 1.807) is 10.7 Å². The molecule has 2 unspecified atom stereocenters. The number of carbonyl (C=O) groups is 1. The molecule has 0 bridgehead atoms. The van der Waals surface area contributed by atoms with Gasteiger partial charge in [-0.25, -0.2) is 18.3 Å². The third kappa shape index (κ3) is 3.48. The lowest BCUT2D eigenvalue weighted by molar-refractivity contribution is -0.0674. The van der Waals surface area contributed by atoms with Crippen molar-refractivity contribution >= 4 is 34.4 Å². The Hall–Kier alpha value is -2.10. The van der Waals surface area contributed by atoms with Crippen molar-refractivity contribution in [2.45, 2.75) is 56.0 Å². The molecule has 2 aliphatic rings. The van der Waals surface area contributed by atoms with E-state index < -0.39 is 23.9 Å². The van der Waals surface area contributed by atoms with Gasteiger partial charge in [0.25, 0.3) is 11.8 Å². The van der Waals surface area contributed by atoms with E-state index >= 15 is 0 Å². The van der Waals surface area contributed by atoms with Gasteiger partial charge in [-0.05, 0) is 43.2 Å². The highest BCUT2D eigenvalue weighted by molar-refractivity contribution is 7.18. The molecule has 3 aromatic rings. The number of nitrogens with one attached hydrogen (secondary N) is 1. The van der Waals surface area contributed by atoms with Gasteiger partial charge in [0.15, 0.2) is 5.01 Å². The summed E-state index contributed by atoms with van der Waals surface area (Å²) >= 11 is 7.32. The Bertz CT molecular complexity index is 1130.